The second kappa shape index (κ2) is 13.3. The third-order valence-corrected chi connectivity index (χ3v) is 20.2. The van der Waals surface area contributed by atoms with Gasteiger partial charge < -0.3 is 22.8 Å². The van der Waals surface area contributed by atoms with E-state index in [9.17, 15) is 9.90 Å². The summed E-state index contributed by atoms with van der Waals surface area (Å²) in [5.74, 6) is 2.73. The first-order valence-corrected chi connectivity index (χ1v) is 24.2. The molecule has 256 valence electrons. The lowest BCUT2D eigenvalue weighted by Gasteiger charge is -2.51. The van der Waals surface area contributed by atoms with E-state index in [2.05, 4.69) is 107 Å². The number of aliphatic hydroxyl groups is 1. The molecule has 4 rings (SSSR count). The molecule has 2 saturated heterocycles. The Hall–Kier alpha value is -1.68. The number of hydrogen-bond donors (Lipinski definition) is 2. The predicted molar refractivity (Wildman–Crippen MR) is 188 cm³/mol. The van der Waals surface area contributed by atoms with E-state index >= 15 is 0 Å². The zero-order valence-electron chi connectivity index (χ0n) is 29.6. The number of aromatic nitrogens is 4. The highest BCUT2D eigenvalue weighted by Gasteiger charge is 2.65. The lowest BCUT2D eigenvalue weighted by molar-refractivity contribution is -0.118. The summed E-state index contributed by atoms with van der Waals surface area (Å²) in [6.45, 7) is 27.3. The van der Waals surface area contributed by atoms with Crippen molar-refractivity contribution in [1.29, 1.82) is 0 Å². The van der Waals surface area contributed by atoms with Gasteiger partial charge in [-0.25, -0.2) is 4.98 Å². The van der Waals surface area contributed by atoms with E-state index in [1.165, 1.54) is 6.33 Å². The van der Waals surface area contributed by atoms with Crippen molar-refractivity contribution < 1.29 is 27.6 Å². The molecule has 0 saturated carbocycles. The lowest BCUT2D eigenvalue weighted by atomic mass is 9.95. The van der Waals surface area contributed by atoms with Gasteiger partial charge in [-0.05, 0) is 22.2 Å². The summed E-state index contributed by atoms with van der Waals surface area (Å²) in [5.41, 5.74) is 2.52. The van der Waals surface area contributed by atoms with Gasteiger partial charge in [-0.1, -0.05) is 106 Å². The maximum Gasteiger partial charge on any atom is 0.335 e. The van der Waals surface area contributed by atoms with Crippen LogP contribution in [0.4, 0.5) is 5.95 Å². The molecule has 15 heteroatoms. The molecule has 4 atom stereocenters. The minimum Gasteiger partial charge on any atom is -0.414 e. The van der Waals surface area contributed by atoms with Gasteiger partial charge in [0.05, 0.1) is 12.9 Å². The molecular weight excluding hydrogens is 658 g/mol. The van der Waals surface area contributed by atoms with Gasteiger partial charge in [-0.3, -0.25) is 14.7 Å². The van der Waals surface area contributed by atoms with Gasteiger partial charge in [0.1, 0.15) is 25.8 Å². The number of nitrogens with zero attached hydrogens (tertiary/aromatic N) is 4. The number of amides is 1. The van der Waals surface area contributed by atoms with E-state index in [1.54, 1.807) is 18.4 Å². The fourth-order valence-corrected chi connectivity index (χ4v) is 18.3. The van der Waals surface area contributed by atoms with Crippen LogP contribution in [0.15, 0.2) is 6.33 Å². The molecule has 2 fully saturated rings. The van der Waals surface area contributed by atoms with E-state index in [0.717, 1.165) is 0 Å². The molecule has 4 heterocycles. The molecule has 0 unspecified atom stereocenters. The second-order valence-corrected chi connectivity index (χ2v) is 29.1. The van der Waals surface area contributed by atoms with E-state index in [0.29, 0.717) is 5.52 Å². The van der Waals surface area contributed by atoms with Crippen molar-refractivity contribution in [3.63, 3.8) is 0 Å². The molecule has 2 aliphatic heterocycles. The predicted octanol–water partition coefficient (Wildman–Crippen LogP) is 6.54. The van der Waals surface area contributed by atoms with Crippen LogP contribution in [0, 0.1) is 17.4 Å². The molecule has 0 spiro atoms. The molecule has 0 aromatic carbocycles. The van der Waals surface area contributed by atoms with Crippen LogP contribution in [0.25, 0.3) is 11.2 Å². The molecule has 0 radical (unpaired) electrons. The molecular formula is C31H52ClN5O6Si3. The summed E-state index contributed by atoms with van der Waals surface area (Å²) >= 11 is 6.55. The number of carbonyl (C=O) groups excluding carboxylic acids is 1. The third kappa shape index (κ3) is 6.77. The normalized spacial score (nSPS) is 26.4. The number of carbonyl (C=O) groups is 1. The highest BCUT2D eigenvalue weighted by molar-refractivity contribution is 6.84. The number of rotatable bonds is 7. The Labute approximate surface area is 282 Å². The summed E-state index contributed by atoms with van der Waals surface area (Å²) < 4.78 is 30.0. The van der Waals surface area contributed by atoms with E-state index in [-0.39, 0.29) is 57.3 Å². The van der Waals surface area contributed by atoms with Crippen molar-refractivity contribution in [1.82, 2.24) is 19.5 Å². The van der Waals surface area contributed by atoms with Crippen molar-refractivity contribution >= 4 is 59.8 Å². The summed E-state index contributed by atoms with van der Waals surface area (Å²) in [6, 6.07) is 0. The quantitative estimate of drug-likeness (QED) is 0.187. The fraction of sp³-hybridized carbons (Fsp3) is 0.742. The van der Waals surface area contributed by atoms with Gasteiger partial charge in [0.15, 0.2) is 22.6 Å². The Morgan fingerprint density at radius 2 is 1.63 bits per heavy atom. The number of halogens is 1. The molecule has 0 bridgehead atoms. The van der Waals surface area contributed by atoms with E-state index < -0.39 is 49.2 Å². The molecule has 11 nitrogen and oxygen atoms in total. The third-order valence-electron chi connectivity index (χ3n) is 8.80. The Morgan fingerprint density at radius 1 is 1.04 bits per heavy atom. The summed E-state index contributed by atoms with van der Waals surface area (Å²) in [6.07, 6.45) is -1.13. The van der Waals surface area contributed by atoms with Gasteiger partial charge in [-0.15, -0.1) is 5.54 Å². The summed E-state index contributed by atoms with van der Waals surface area (Å²) in [4.78, 5) is 25.8. The molecule has 2 aromatic heterocycles. The maximum atomic E-state index is 12.9. The second-order valence-electron chi connectivity index (χ2n) is 15.2. The van der Waals surface area contributed by atoms with Crippen molar-refractivity contribution in [3.05, 3.63) is 11.5 Å². The first kappa shape index (κ1) is 37.1. The van der Waals surface area contributed by atoms with Crippen LogP contribution in [-0.4, -0.2) is 80.1 Å². The summed E-state index contributed by atoms with van der Waals surface area (Å²) in [5, 5.41) is 15.7. The molecule has 2 N–H and O–H groups in total. The molecule has 2 aromatic rings. The largest absolute Gasteiger partial charge is 0.414 e. The van der Waals surface area contributed by atoms with E-state index in [4.69, 9.17) is 29.3 Å². The van der Waals surface area contributed by atoms with Crippen LogP contribution in [0.1, 0.15) is 75.5 Å². The average molecular weight is 710 g/mol. The monoisotopic (exact) mass is 709 g/mol. The van der Waals surface area contributed by atoms with Gasteiger partial charge in [0, 0.05) is 5.92 Å². The Morgan fingerprint density at radius 3 is 2.15 bits per heavy atom. The smallest absolute Gasteiger partial charge is 0.335 e. The van der Waals surface area contributed by atoms with Gasteiger partial charge in [0.2, 0.25) is 11.9 Å². The Bertz CT molecular complexity index is 1490. The zero-order chi connectivity index (χ0) is 34.6. The van der Waals surface area contributed by atoms with Crippen LogP contribution in [0.2, 0.25) is 47.0 Å². The Balaban J connectivity index is 1.95. The standard InChI is InChI=1S/C31H52ClN5O6Si3/c1-18(2)28(38)36-30-34-26(32)24-27(35-30)37(17-33-24)29-31(39,14-15-44(11,12)13)25-23(41-29)16-40-45(19(3)4,20(5)6)43-46(42-25,21(7)8)22(9)10/h17-23,25,29,39H,16H2,1-13H3,(H,34,35,36,38)/t23-,25-,29-,31+/m1/s1. The lowest BCUT2D eigenvalue weighted by Crippen LogP contribution is -2.67. The topological polar surface area (TPSA) is 130 Å². The molecule has 2 aliphatic rings. The van der Waals surface area contributed by atoms with Crippen LogP contribution in [0.3, 0.4) is 0 Å². The first-order valence-electron chi connectivity index (χ1n) is 16.3. The fourth-order valence-electron chi connectivity index (χ4n) is 6.24. The van der Waals surface area contributed by atoms with Gasteiger partial charge in [-0.2, -0.15) is 9.97 Å². The number of nitrogens with one attached hydrogen (secondary N) is 1. The average Bonchev–Trinajstić information content (AvgIpc) is 3.45. The number of imidazole rings is 1. The minimum absolute atomic E-state index is 0.0300. The maximum absolute atomic E-state index is 12.9. The zero-order valence-corrected chi connectivity index (χ0v) is 33.3. The van der Waals surface area contributed by atoms with Crippen LogP contribution in [-0.2, 0) is 22.5 Å². The highest BCUT2D eigenvalue weighted by atomic mass is 35.5. The number of ether oxygens (including phenoxy) is 1. The van der Waals surface area contributed by atoms with Crippen LogP contribution < -0.4 is 5.32 Å². The van der Waals surface area contributed by atoms with E-state index in [1.807, 2.05) is 0 Å². The van der Waals surface area contributed by atoms with Crippen molar-refractivity contribution in [2.24, 2.45) is 5.92 Å². The van der Waals surface area contributed by atoms with Crippen LogP contribution in [0.5, 0.6) is 0 Å². The van der Waals surface area contributed by atoms with Crippen molar-refractivity contribution in [2.75, 3.05) is 11.9 Å². The summed E-state index contributed by atoms with van der Waals surface area (Å²) in [7, 11) is -7.98. The highest BCUT2D eigenvalue weighted by Crippen LogP contribution is 2.51. The molecule has 1 amide bonds. The van der Waals surface area contributed by atoms with Crippen molar-refractivity contribution in [3.8, 4) is 11.5 Å². The SMILES string of the molecule is CC(C)C(=O)Nc1nc(Cl)c2ncn([C@@H]3O[C@@H]4CO[Si](C(C)C)(C(C)C)O[Si](C(C)C)(C(C)C)O[C@H]4[C@@]3(O)C#C[Si](C)(C)C)c2n1. The van der Waals surface area contributed by atoms with Crippen LogP contribution >= 0.6 is 11.6 Å². The first-order chi connectivity index (χ1) is 21.2. The number of anilines is 1. The number of hydrogen-bond acceptors (Lipinski definition) is 9. The number of fused-ring (bicyclic) bond motifs is 2. The van der Waals surface area contributed by atoms with Gasteiger partial charge in [0.25, 0.3) is 0 Å². The molecule has 0 aliphatic carbocycles. The Kier molecular flexibility index (Phi) is 10.8. The molecule has 46 heavy (non-hydrogen) atoms. The van der Waals surface area contributed by atoms with Gasteiger partial charge >= 0.3 is 17.1 Å². The van der Waals surface area contributed by atoms with Crippen molar-refractivity contribution in [2.45, 2.75) is 135 Å². The minimum atomic E-state index is -3.12.